The quantitative estimate of drug-likeness (QED) is 0.568. The van der Waals surface area contributed by atoms with Crippen LogP contribution in [0.15, 0.2) is 10.9 Å². The lowest BCUT2D eigenvalue weighted by atomic mass is 10.1. The lowest BCUT2D eigenvalue weighted by Gasteiger charge is -2.32. The summed E-state index contributed by atoms with van der Waals surface area (Å²) >= 11 is 0. The van der Waals surface area contributed by atoms with E-state index in [-0.39, 0.29) is 0 Å². The van der Waals surface area contributed by atoms with Crippen molar-refractivity contribution >= 4 is 10.2 Å². The monoisotopic (exact) mass is 255 g/mol. The molecule has 2 heteroatoms. The van der Waals surface area contributed by atoms with E-state index in [1.54, 1.807) is 10.9 Å². The van der Waals surface area contributed by atoms with Gasteiger partial charge in [0, 0.05) is 28.5 Å². The van der Waals surface area contributed by atoms with Crippen LogP contribution >= 0.6 is 0 Å². The average Bonchev–Trinajstić information content (AvgIpc) is 2.30. The summed E-state index contributed by atoms with van der Waals surface area (Å²) in [6, 6.07) is 0.650. The predicted molar refractivity (Wildman–Crippen MR) is 83.5 cm³/mol. The van der Waals surface area contributed by atoms with Crippen LogP contribution in [0.2, 0.25) is 0 Å². The maximum absolute atomic E-state index is 2.62. The van der Waals surface area contributed by atoms with Crippen molar-refractivity contribution in [2.75, 3.05) is 6.54 Å². The minimum atomic E-state index is 0.650. The molecule has 0 aliphatic heterocycles. The third-order valence-corrected chi connectivity index (χ3v) is 4.55. The largest absolute Gasteiger partial charge is 0.373 e. The first-order valence-electron chi connectivity index (χ1n) is 7.53. The molecule has 0 saturated carbocycles. The van der Waals surface area contributed by atoms with Crippen LogP contribution in [0.25, 0.3) is 0 Å². The zero-order valence-corrected chi connectivity index (χ0v) is 15.0. The third kappa shape index (κ3) is 6.30. The summed E-state index contributed by atoms with van der Waals surface area (Å²) in [5.41, 5.74) is 1.68. The Morgan fingerprint density at radius 1 is 1.00 bits per heavy atom. The van der Waals surface area contributed by atoms with Crippen LogP contribution in [0, 0.1) is 0 Å². The zero-order chi connectivity index (χ0) is 13.3. The minimum absolute atomic E-state index is 0.650. The Kier molecular flexibility index (Phi) is 9.61. The molecule has 0 bridgehead atoms. The fraction of sp³-hybridized carbons (Fsp3) is 0.867. The molecule has 0 aliphatic rings. The van der Waals surface area contributed by atoms with E-state index in [0.29, 0.717) is 6.04 Å². The standard InChI is InChI=1S/C15H33NSi/c1-6-9-11-14(15(17)12-10-7-2)16(8-3)13(4)5/h13H,6-12H2,1-5,17H3. The highest BCUT2D eigenvalue weighted by atomic mass is 28.1. The lowest BCUT2D eigenvalue weighted by Crippen LogP contribution is -2.31. The molecule has 0 aromatic rings. The van der Waals surface area contributed by atoms with Crippen molar-refractivity contribution in [2.24, 2.45) is 0 Å². The topological polar surface area (TPSA) is 3.24 Å². The second-order valence-corrected chi connectivity index (χ2v) is 6.52. The van der Waals surface area contributed by atoms with Gasteiger partial charge in [0.15, 0.2) is 0 Å². The molecule has 0 radical (unpaired) electrons. The number of hydrogen-bond acceptors (Lipinski definition) is 1. The summed E-state index contributed by atoms with van der Waals surface area (Å²) < 4.78 is 0. The van der Waals surface area contributed by atoms with Gasteiger partial charge in [0.1, 0.15) is 0 Å². The maximum Gasteiger partial charge on any atom is 0.0355 e. The van der Waals surface area contributed by atoms with Crippen LogP contribution in [0.3, 0.4) is 0 Å². The van der Waals surface area contributed by atoms with E-state index in [9.17, 15) is 0 Å². The second-order valence-electron chi connectivity index (χ2n) is 5.31. The number of unbranched alkanes of at least 4 members (excludes halogenated alkanes) is 2. The van der Waals surface area contributed by atoms with Crippen LogP contribution in [0.5, 0.6) is 0 Å². The Balaban J connectivity index is 4.80. The highest BCUT2D eigenvalue weighted by Crippen LogP contribution is 2.21. The Hall–Kier alpha value is -0.243. The van der Waals surface area contributed by atoms with Gasteiger partial charge in [-0.2, -0.15) is 0 Å². The normalized spacial score (nSPS) is 13.1. The Morgan fingerprint density at radius 2 is 1.53 bits per heavy atom. The van der Waals surface area contributed by atoms with E-state index in [1.165, 1.54) is 48.8 Å². The lowest BCUT2D eigenvalue weighted by molar-refractivity contribution is 0.284. The van der Waals surface area contributed by atoms with Crippen molar-refractivity contribution in [2.45, 2.75) is 79.2 Å². The van der Waals surface area contributed by atoms with E-state index in [1.807, 2.05) is 0 Å². The molecular formula is C15H33NSi. The molecule has 0 rings (SSSR count). The van der Waals surface area contributed by atoms with E-state index >= 15 is 0 Å². The number of rotatable bonds is 9. The first-order chi connectivity index (χ1) is 8.08. The van der Waals surface area contributed by atoms with Crippen molar-refractivity contribution in [1.29, 1.82) is 0 Å². The molecule has 0 heterocycles. The fourth-order valence-electron chi connectivity index (χ4n) is 2.40. The van der Waals surface area contributed by atoms with E-state index in [4.69, 9.17) is 0 Å². The van der Waals surface area contributed by atoms with Crippen LogP contribution in [0.1, 0.15) is 73.1 Å². The first kappa shape index (κ1) is 16.8. The van der Waals surface area contributed by atoms with E-state index in [0.717, 1.165) is 6.54 Å². The van der Waals surface area contributed by atoms with Crippen molar-refractivity contribution in [1.82, 2.24) is 4.90 Å². The summed E-state index contributed by atoms with van der Waals surface area (Å²) in [5.74, 6) is 0. The Bertz CT molecular complexity index is 221. The van der Waals surface area contributed by atoms with Crippen molar-refractivity contribution in [3.05, 3.63) is 10.9 Å². The summed E-state index contributed by atoms with van der Waals surface area (Å²) in [6.07, 6.45) is 7.97. The first-order valence-corrected chi connectivity index (χ1v) is 8.53. The van der Waals surface area contributed by atoms with Crippen LogP contribution in [-0.2, 0) is 0 Å². The fourth-order valence-corrected chi connectivity index (χ4v) is 3.29. The van der Waals surface area contributed by atoms with Crippen LogP contribution in [-0.4, -0.2) is 27.7 Å². The summed E-state index contributed by atoms with van der Waals surface area (Å²) in [7, 11) is 1.24. The molecule has 0 atom stereocenters. The van der Waals surface area contributed by atoms with Gasteiger partial charge in [-0.05, 0) is 40.0 Å². The Morgan fingerprint density at radius 3 is 1.94 bits per heavy atom. The molecule has 0 unspecified atom stereocenters. The smallest absolute Gasteiger partial charge is 0.0355 e. The van der Waals surface area contributed by atoms with Crippen LogP contribution < -0.4 is 0 Å². The molecule has 0 spiro atoms. The van der Waals surface area contributed by atoms with Gasteiger partial charge < -0.3 is 4.90 Å². The number of allylic oxidation sites excluding steroid dienone is 2. The Labute approximate surface area is 112 Å². The van der Waals surface area contributed by atoms with Gasteiger partial charge in [0.2, 0.25) is 0 Å². The van der Waals surface area contributed by atoms with E-state index in [2.05, 4.69) is 39.5 Å². The van der Waals surface area contributed by atoms with E-state index < -0.39 is 0 Å². The van der Waals surface area contributed by atoms with Gasteiger partial charge in [0.25, 0.3) is 0 Å². The average molecular weight is 256 g/mol. The summed E-state index contributed by atoms with van der Waals surface area (Å²) in [6.45, 7) is 12.7. The van der Waals surface area contributed by atoms with Gasteiger partial charge in [-0.15, -0.1) is 0 Å². The molecule has 17 heavy (non-hydrogen) atoms. The van der Waals surface area contributed by atoms with Gasteiger partial charge in [0.05, 0.1) is 0 Å². The van der Waals surface area contributed by atoms with Gasteiger partial charge >= 0.3 is 0 Å². The number of nitrogens with zero attached hydrogens (tertiary/aromatic N) is 1. The SMILES string of the molecule is CCCCC([SiH3])=C(CCCC)N(CC)C(C)C. The molecule has 0 aromatic carbocycles. The predicted octanol–water partition coefficient (Wildman–Crippen LogP) is 3.67. The van der Waals surface area contributed by atoms with Crippen molar-refractivity contribution < 1.29 is 0 Å². The second kappa shape index (κ2) is 9.75. The van der Waals surface area contributed by atoms with Crippen molar-refractivity contribution in [3.8, 4) is 0 Å². The highest BCUT2D eigenvalue weighted by Gasteiger charge is 2.13. The molecular weight excluding hydrogens is 222 g/mol. The highest BCUT2D eigenvalue weighted by molar-refractivity contribution is 6.21. The van der Waals surface area contributed by atoms with Crippen molar-refractivity contribution in [3.63, 3.8) is 0 Å². The van der Waals surface area contributed by atoms with Crippen LogP contribution in [0.4, 0.5) is 0 Å². The van der Waals surface area contributed by atoms with Gasteiger partial charge in [-0.25, -0.2) is 0 Å². The maximum atomic E-state index is 2.62. The molecule has 0 amide bonds. The summed E-state index contributed by atoms with van der Waals surface area (Å²) in [4.78, 5) is 2.62. The molecule has 0 aromatic heterocycles. The molecule has 0 saturated heterocycles. The minimum Gasteiger partial charge on any atom is -0.373 e. The molecule has 0 aliphatic carbocycles. The third-order valence-electron chi connectivity index (χ3n) is 3.48. The molecule has 0 fully saturated rings. The molecule has 102 valence electrons. The molecule has 1 nitrogen and oxygen atoms in total. The van der Waals surface area contributed by atoms with Gasteiger partial charge in [-0.3, -0.25) is 0 Å². The zero-order valence-electron chi connectivity index (χ0n) is 13.0. The summed E-state index contributed by atoms with van der Waals surface area (Å²) in [5, 5.41) is 1.76. The van der Waals surface area contributed by atoms with Gasteiger partial charge in [-0.1, -0.05) is 38.3 Å². The number of hydrogen-bond donors (Lipinski definition) is 0. The molecule has 0 N–H and O–H groups in total.